The van der Waals surface area contributed by atoms with Crippen molar-refractivity contribution in [2.24, 2.45) is 0 Å². The van der Waals surface area contributed by atoms with E-state index in [2.05, 4.69) is 16.1 Å². The molecule has 5 nitrogen and oxygen atoms in total. The number of carbonyl (C=O) groups excluding carboxylic acids is 1. The molecule has 2 aromatic rings. The summed E-state index contributed by atoms with van der Waals surface area (Å²) < 4.78 is 9.93. The number of nitrogens with one attached hydrogen (secondary N) is 1. The molecular weight excluding hydrogens is 256 g/mol. The van der Waals surface area contributed by atoms with Crippen LogP contribution >= 0.6 is 0 Å². The molecule has 102 valence electrons. The molecule has 2 rings (SSSR count). The van der Waals surface area contributed by atoms with E-state index in [-0.39, 0.29) is 5.76 Å². The number of carbonyl (C=O) groups is 1. The van der Waals surface area contributed by atoms with E-state index in [0.29, 0.717) is 17.9 Å². The molecule has 1 aromatic carbocycles. The van der Waals surface area contributed by atoms with Gasteiger partial charge in [0.25, 0.3) is 0 Å². The number of rotatable bonds is 4. The average molecular weight is 270 g/mol. The third-order valence-corrected chi connectivity index (χ3v) is 2.87. The molecule has 5 heteroatoms. The monoisotopic (exact) mass is 270 g/mol. The number of furan rings is 1. The first-order chi connectivity index (χ1) is 9.63. The second-order valence-corrected chi connectivity index (χ2v) is 4.25. The molecule has 1 aromatic heterocycles. The summed E-state index contributed by atoms with van der Waals surface area (Å²) in [7, 11) is 1.31. The van der Waals surface area contributed by atoms with Crippen molar-refractivity contribution in [2.75, 3.05) is 12.4 Å². The van der Waals surface area contributed by atoms with Crippen molar-refractivity contribution < 1.29 is 13.9 Å². The summed E-state index contributed by atoms with van der Waals surface area (Å²) in [5.74, 6) is 0.290. The van der Waals surface area contributed by atoms with Gasteiger partial charge < -0.3 is 14.5 Å². The van der Waals surface area contributed by atoms with Crippen LogP contribution < -0.4 is 5.32 Å². The second kappa shape index (κ2) is 5.93. The zero-order valence-electron chi connectivity index (χ0n) is 11.3. The Kier molecular flexibility index (Phi) is 4.06. The lowest BCUT2D eigenvalue weighted by atomic mass is 10.1. The van der Waals surface area contributed by atoms with Crippen LogP contribution in [0.15, 0.2) is 34.7 Å². The van der Waals surface area contributed by atoms with Gasteiger partial charge in [0, 0.05) is 5.69 Å². The summed E-state index contributed by atoms with van der Waals surface area (Å²) in [6.07, 6.45) is 0. The molecular formula is C15H14N2O3. The Hall–Kier alpha value is -2.74. The Morgan fingerprint density at radius 3 is 2.90 bits per heavy atom. The highest BCUT2D eigenvalue weighted by Crippen LogP contribution is 2.18. The number of esters is 1. The van der Waals surface area contributed by atoms with Crippen molar-refractivity contribution in [2.45, 2.75) is 13.5 Å². The summed E-state index contributed by atoms with van der Waals surface area (Å²) in [5, 5.41) is 12.1. The van der Waals surface area contributed by atoms with E-state index >= 15 is 0 Å². The minimum atomic E-state index is -0.501. The van der Waals surface area contributed by atoms with Crippen molar-refractivity contribution in [3.8, 4) is 6.07 Å². The molecule has 0 saturated carbocycles. The molecule has 0 aliphatic rings. The topological polar surface area (TPSA) is 75.3 Å². The van der Waals surface area contributed by atoms with Gasteiger partial charge in [-0.15, -0.1) is 0 Å². The van der Waals surface area contributed by atoms with Crippen LogP contribution in [0.3, 0.4) is 0 Å². The molecule has 1 N–H and O–H groups in total. The molecule has 0 atom stereocenters. The Morgan fingerprint density at radius 1 is 1.40 bits per heavy atom. The van der Waals surface area contributed by atoms with Crippen molar-refractivity contribution in [1.29, 1.82) is 5.26 Å². The van der Waals surface area contributed by atoms with Gasteiger partial charge in [-0.05, 0) is 36.8 Å². The summed E-state index contributed by atoms with van der Waals surface area (Å²) in [5.41, 5.74) is 2.48. The predicted molar refractivity (Wildman–Crippen MR) is 73.3 cm³/mol. The molecule has 1 heterocycles. The molecule has 0 saturated heterocycles. The Balaban J connectivity index is 2.07. The van der Waals surface area contributed by atoms with Crippen LogP contribution in [-0.2, 0) is 11.3 Å². The number of hydrogen-bond acceptors (Lipinski definition) is 5. The van der Waals surface area contributed by atoms with Gasteiger partial charge >= 0.3 is 5.97 Å². The lowest BCUT2D eigenvalue weighted by Crippen LogP contribution is -2.01. The number of hydrogen-bond donors (Lipinski definition) is 1. The molecule has 0 aliphatic heterocycles. The number of methoxy groups -OCH3 is 1. The van der Waals surface area contributed by atoms with Crippen molar-refractivity contribution in [1.82, 2.24) is 0 Å². The lowest BCUT2D eigenvalue weighted by Gasteiger charge is -2.08. The molecule has 20 heavy (non-hydrogen) atoms. The first-order valence-electron chi connectivity index (χ1n) is 6.05. The van der Waals surface area contributed by atoms with Crippen LogP contribution in [0.25, 0.3) is 0 Å². The highest BCUT2D eigenvalue weighted by Gasteiger charge is 2.11. The Labute approximate surface area is 116 Å². The van der Waals surface area contributed by atoms with E-state index in [1.165, 1.54) is 7.11 Å². The normalized spacial score (nSPS) is 9.85. The van der Waals surface area contributed by atoms with Crippen LogP contribution in [0.1, 0.15) is 27.4 Å². The number of ether oxygens (including phenoxy) is 1. The van der Waals surface area contributed by atoms with Crippen LogP contribution in [0, 0.1) is 18.3 Å². The van der Waals surface area contributed by atoms with Crippen molar-refractivity contribution in [3.05, 3.63) is 53.0 Å². The average Bonchev–Trinajstić information content (AvgIpc) is 2.94. The fraction of sp³-hybridized carbons (Fsp3) is 0.200. The number of nitriles is 1. The molecule has 0 unspecified atom stereocenters. The number of benzene rings is 1. The van der Waals surface area contributed by atoms with Crippen LogP contribution in [-0.4, -0.2) is 13.1 Å². The fourth-order valence-electron chi connectivity index (χ4n) is 1.75. The van der Waals surface area contributed by atoms with Gasteiger partial charge in [0.05, 0.1) is 25.3 Å². The van der Waals surface area contributed by atoms with Crippen molar-refractivity contribution in [3.63, 3.8) is 0 Å². The molecule has 0 fully saturated rings. The molecule has 0 spiro atoms. The largest absolute Gasteiger partial charge is 0.463 e. The second-order valence-electron chi connectivity index (χ2n) is 4.25. The van der Waals surface area contributed by atoms with Crippen molar-refractivity contribution >= 4 is 11.7 Å². The summed E-state index contributed by atoms with van der Waals surface area (Å²) in [6, 6.07) is 10.8. The maximum absolute atomic E-state index is 11.3. The summed E-state index contributed by atoms with van der Waals surface area (Å²) in [6.45, 7) is 2.37. The van der Waals surface area contributed by atoms with Gasteiger partial charge in [0.1, 0.15) is 5.76 Å². The van der Waals surface area contributed by atoms with E-state index in [4.69, 9.17) is 9.68 Å². The zero-order valence-corrected chi connectivity index (χ0v) is 11.3. The minimum Gasteiger partial charge on any atom is -0.463 e. The van der Waals surface area contributed by atoms with Crippen LogP contribution in [0.5, 0.6) is 0 Å². The van der Waals surface area contributed by atoms with Gasteiger partial charge in [0.2, 0.25) is 5.76 Å². The number of anilines is 1. The maximum Gasteiger partial charge on any atom is 0.373 e. The minimum absolute atomic E-state index is 0.173. The van der Waals surface area contributed by atoms with E-state index in [9.17, 15) is 4.79 Å². The third kappa shape index (κ3) is 2.98. The van der Waals surface area contributed by atoms with Gasteiger partial charge in [-0.2, -0.15) is 5.26 Å². The molecule has 0 aliphatic carbocycles. The zero-order chi connectivity index (χ0) is 14.5. The molecule has 0 radical (unpaired) electrons. The predicted octanol–water partition coefficient (Wildman–Crippen LogP) is 2.86. The first-order valence-corrected chi connectivity index (χ1v) is 6.05. The highest BCUT2D eigenvalue weighted by molar-refractivity contribution is 5.86. The first kappa shape index (κ1) is 13.7. The number of aryl methyl sites for hydroxylation is 1. The van der Waals surface area contributed by atoms with E-state index < -0.39 is 5.97 Å². The van der Waals surface area contributed by atoms with E-state index in [1.807, 2.05) is 13.0 Å². The lowest BCUT2D eigenvalue weighted by molar-refractivity contribution is 0.0563. The quantitative estimate of drug-likeness (QED) is 0.864. The van der Waals surface area contributed by atoms with Crippen LogP contribution in [0.2, 0.25) is 0 Å². The summed E-state index contributed by atoms with van der Waals surface area (Å²) in [4.78, 5) is 11.3. The maximum atomic E-state index is 11.3. The summed E-state index contributed by atoms with van der Waals surface area (Å²) >= 11 is 0. The van der Waals surface area contributed by atoms with E-state index in [1.54, 1.807) is 24.3 Å². The van der Waals surface area contributed by atoms with Gasteiger partial charge in [-0.3, -0.25) is 0 Å². The molecule has 0 bridgehead atoms. The highest BCUT2D eigenvalue weighted by atomic mass is 16.5. The fourth-order valence-corrected chi connectivity index (χ4v) is 1.75. The third-order valence-electron chi connectivity index (χ3n) is 2.87. The van der Waals surface area contributed by atoms with Crippen LogP contribution in [0.4, 0.5) is 5.69 Å². The van der Waals surface area contributed by atoms with Gasteiger partial charge in [-0.1, -0.05) is 6.07 Å². The number of nitrogens with zero attached hydrogens (tertiary/aromatic N) is 1. The SMILES string of the molecule is COC(=O)c1ccc(CNc2cc(C#N)ccc2C)o1. The Morgan fingerprint density at radius 2 is 2.20 bits per heavy atom. The van der Waals surface area contributed by atoms with Gasteiger partial charge in [-0.25, -0.2) is 4.79 Å². The van der Waals surface area contributed by atoms with E-state index in [0.717, 1.165) is 11.3 Å². The van der Waals surface area contributed by atoms with Gasteiger partial charge in [0.15, 0.2) is 0 Å². The standard InChI is InChI=1S/C15H14N2O3/c1-10-3-4-11(8-16)7-13(10)17-9-12-5-6-14(20-12)15(18)19-2/h3-7,17H,9H2,1-2H3. The Bertz CT molecular complexity index is 668. The molecule has 0 amide bonds. The smallest absolute Gasteiger partial charge is 0.373 e.